The van der Waals surface area contributed by atoms with Gasteiger partial charge in [-0.25, -0.2) is 0 Å². The summed E-state index contributed by atoms with van der Waals surface area (Å²) in [5.74, 6) is 0.924. The van der Waals surface area contributed by atoms with E-state index in [1.807, 2.05) is 6.20 Å². The maximum absolute atomic E-state index is 4.47. The summed E-state index contributed by atoms with van der Waals surface area (Å²) in [6.45, 7) is 8.86. The van der Waals surface area contributed by atoms with Crippen LogP contribution in [0.2, 0.25) is 0 Å². The van der Waals surface area contributed by atoms with Crippen LogP contribution in [-0.4, -0.2) is 24.6 Å². The fraction of sp³-hybridized carbons (Fsp3) is 0.706. The average Bonchev–Trinajstić information content (AvgIpc) is 2.73. The van der Waals surface area contributed by atoms with Crippen molar-refractivity contribution >= 4 is 5.69 Å². The Labute approximate surface area is 123 Å². The number of pyridine rings is 1. The molecule has 1 atom stereocenters. The molecule has 0 aromatic carbocycles. The topological polar surface area (TPSA) is 28.2 Å². The summed E-state index contributed by atoms with van der Waals surface area (Å²) >= 11 is 0. The quantitative estimate of drug-likeness (QED) is 0.804. The monoisotopic (exact) mass is 275 g/mol. The Morgan fingerprint density at radius 1 is 1.30 bits per heavy atom. The number of hydrogen-bond donors (Lipinski definition) is 1. The second kappa shape index (κ2) is 8.25. The van der Waals surface area contributed by atoms with Crippen LogP contribution < -0.4 is 10.2 Å². The van der Waals surface area contributed by atoms with E-state index < -0.39 is 0 Å². The highest BCUT2D eigenvalue weighted by Crippen LogP contribution is 2.24. The highest BCUT2D eigenvalue weighted by Gasteiger charge is 2.16. The number of nitrogens with one attached hydrogen (secondary N) is 1. The highest BCUT2D eigenvalue weighted by molar-refractivity contribution is 5.46. The molecule has 0 aliphatic carbocycles. The Balaban J connectivity index is 1.95. The molecule has 0 bridgehead atoms. The number of rotatable bonds is 6. The van der Waals surface area contributed by atoms with E-state index in [-0.39, 0.29) is 0 Å². The SMILES string of the molecule is CCCNCc1cc(N2CCCC(CC)CC2)ccn1. The molecule has 2 heterocycles. The molecule has 1 aliphatic heterocycles. The van der Waals surface area contributed by atoms with Gasteiger partial charge in [-0.1, -0.05) is 20.3 Å². The Bertz CT molecular complexity index is 392. The molecule has 2 rings (SSSR count). The van der Waals surface area contributed by atoms with E-state index in [9.17, 15) is 0 Å². The first kappa shape index (κ1) is 15.3. The van der Waals surface area contributed by atoms with Gasteiger partial charge in [0.05, 0.1) is 5.69 Å². The van der Waals surface area contributed by atoms with Gasteiger partial charge >= 0.3 is 0 Å². The van der Waals surface area contributed by atoms with E-state index in [0.29, 0.717) is 0 Å². The lowest BCUT2D eigenvalue weighted by Gasteiger charge is -2.23. The molecule has 112 valence electrons. The second-order valence-corrected chi connectivity index (χ2v) is 5.87. The van der Waals surface area contributed by atoms with Crippen LogP contribution in [0.1, 0.15) is 51.6 Å². The van der Waals surface area contributed by atoms with Gasteiger partial charge in [0.1, 0.15) is 0 Å². The first-order valence-electron chi connectivity index (χ1n) is 8.24. The molecular weight excluding hydrogens is 246 g/mol. The Kier molecular flexibility index (Phi) is 6.31. The summed E-state index contributed by atoms with van der Waals surface area (Å²) < 4.78 is 0. The van der Waals surface area contributed by atoms with Crippen molar-refractivity contribution in [2.75, 3.05) is 24.5 Å². The Hall–Kier alpha value is -1.09. The van der Waals surface area contributed by atoms with Crippen molar-refractivity contribution in [3.8, 4) is 0 Å². The van der Waals surface area contributed by atoms with Crippen LogP contribution in [-0.2, 0) is 6.54 Å². The van der Waals surface area contributed by atoms with Crippen LogP contribution in [0.5, 0.6) is 0 Å². The molecule has 0 radical (unpaired) electrons. The van der Waals surface area contributed by atoms with E-state index >= 15 is 0 Å². The summed E-state index contributed by atoms with van der Waals surface area (Å²) in [6.07, 6.45) is 8.51. The number of hydrogen-bond acceptors (Lipinski definition) is 3. The van der Waals surface area contributed by atoms with Gasteiger partial charge in [-0.15, -0.1) is 0 Å². The van der Waals surface area contributed by atoms with E-state index in [1.54, 1.807) is 0 Å². The number of nitrogens with zero attached hydrogens (tertiary/aromatic N) is 2. The Morgan fingerprint density at radius 3 is 3.00 bits per heavy atom. The first-order valence-corrected chi connectivity index (χ1v) is 8.24. The van der Waals surface area contributed by atoms with Crippen molar-refractivity contribution in [2.24, 2.45) is 5.92 Å². The molecule has 3 heteroatoms. The van der Waals surface area contributed by atoms with E-state index in [4.69, 9.17) is 0 Å². The average molecular weight is 275 g/mol. The van der Waals surface area contributed by atoms with Crippen LogP contribution in [0.15, 0.2) is 18.3 Å². The molecule has 1 saturated heterocycles. The predicted octanol–water partition coefficient (Wildman–Crippen LogP) is 3.60. The molecule has 1 aromatic rings. The maximum Gasteiger partial charge on any atom is 0.0562 e. The van der Waals surface area contributed by atoms with Crippen molar-refractivity contribution in [3.05, 3.63) is 24.0 Å². The van der Waals surface area contributed by atoms with Crippen LogP contribution in [0, 0.1) is 5.92 Å². The molecule has 1 aromatic heterocycles. The van der Waals surface area contributed by atoms with E-state index in [1.165, 1.54) is 50.9 Å². The van der Waals surface area contributed by atoms with Crippen LogP contribution >= 0.6 is 0 Å². The molecule has 1 aliphatic rings. The largest absolute Gasteiger partial charge is 0.371 e. The molecule has 20 heavy (non-hydrogen) atoms. The Morgan fingerprint density at radius 2 is 2.20 bits per heavy atom. The third-order valence-corrected chi connectivity index (χ3v) is 4.32. The fourth-order valence-electron chi connectivity index (χ4n) is 2.98. The van der Waals surface area contributed by atoms with Gasteiger partial charge in [-0.3, -0.25) is 4.98 Å². The summed E-state index contributed by atoms with van der Waals surface area (Å²) in [6, 6.07) is 4.42. The summed E-state index contributed by atoms with van der Waals surface area (Å²) in [4.78, 5) is 7.01. The van der Waals surface area contributed by atoms with Crippen molar-refractivity contribution < 1.29 is 0 Å². The highest BCUT2D eigenvalue weighted by atomic mass is 15.1. The summed E-state index contributed by atoms with van der Waals surface area (Å²) in [5.41, 5.74) is 2.51. The third-order valence-electron chi connectivity index (χ3n) is 4.32. The van der Waals surface area contributed by atoms with E-state index in [0.717, 1.165) is 24.7 Å². The maximum atomic E-state index is 4.47. The minimum Gasteiger partial charge on any atom is -0.371 e. The fourth-order valence-corrected chi connectivity index (χ4v) is 2.98. The predicted molar refractivity (Wildman–Crippen MR) is 86.1 cm³/mol. The minimum atomic E-state index is 0.882. The van der Waals surface area contributed by atoms with Crippen LogP contribution in [0.25, 0.3) is 0 Å². The van der Waals surface area contributed by atoms with Crippen molar-refractivity contribution in [1.29, 1.82) is 0 Å². The van der Waals surface area contributed by atoms with Crippen molar-refractivity contribution in [1.82, 2.24) is 10.3 Å². The standard InChI is InChI=1S/C17H29N3/c1-3-9-18-14-16-13-17(7-10-19-16)20-11-5-6-15(4-2)8-12-20/h7,10,13,15,18H,3-6,8-9,11-12,14H2,1-2H3. The van der Waals surface area contributed by atoms with Gasteiger partial charge in [0.15, 0.2) is 0 Å². The molecule has 0 amide bonds. The second-order valence-electron chi connectivity index (χ2n) is 5.87. The van der Waals surface area contributed by atoms with Crippen LogP contribution in [0.4, 0.5) is 5.69 Å². The molecule has 0 saturated carbocycles. The molecule has 1 unspecified atom stereocenters. The zero-order valence-corrected chi connectivity index (χ0v) is 13.1. The lowest BCUT2D eigenvalue weighted by Crippen LogP contribution is -2.24. The van der Waals surface area contributed by atoms with Gasteiger partial charge in [-0.05, 0) is 50.3 Å². The number of aromatic nitrogens is 1. The lowest BCUT2D eigenvalue weighted by atomic mass is 9.98. The van der Waals surface area contributed by atoms with Gasteiger partial charge < -0.3 is 10.2 Å². The van der Waals surface area contributed by atoms with Gasteiger partial charge in [0.25, 0.3) is 0 Å². The first-order chi connectivity index (χ1) is 9.83. The minimum absolute atomic E-state index is 0.882. The summed E-state index contributed by atoms with van der Waals surface area (Å²) in [5, 5.41) is 3.43. The normalized spacial score (nSPS) is 19.9. The smallest absolute Gasteiger partial charge is 0.0562 e. The molecule has 0 spiro atoms. The molecular formula is C17H29N3. The van der Waals surface area contributed by atoms with Crippen LogP contribution in [0.3, 0.4) is 0 Å². The molecule has 1 fully saturated rings. The van der Waals surface area contributed by atoms with Crippen molar-refractivity contribution in [2.45, 2.75) is 52.5 Å². The van der Waals surface area contributed by atoms with Gasteiger partial charge in [0.2, 0.25) is 0 Å². The lowest BCUT2D eigenvalue weighted by molar-refractivity contribution is 0.459. The number of anilines is 1. The van der Waals surface area contributed by atoms with Crippen molar-refractivity contribution in [3.63, 3.8) is 0 Å². The third kappa shape index (κ3) is 4.48. The van der Waals surface area contributed by atoms with E-state index in [2.05, 4.69) is 41.2 Å². The van der Waals surface area contributed by atoms with Gasteiger partial charge in [0, 0.05) is 31.5 Å². The zero-order chi connectivity index (χ0) is 14.2. The molecule has 3 nitrogen and oxygen atoms in total. The van der Waals surface area contributed by atoms with Gasteiger partial charge in [-0.2, -0.15) is 0 Å². The zero-order valence-electron chi connectivity index (χ0n) is 13.1. The molecule has 1 N–H and O–H groups in total. The summed E-state index contributed by atoms with van der Waals surface area (Å²) in [7, 11) is 0.